The highest BCUT2D eigenvalue weighted by atomic mass is 32.2. The number of amides is 2. The number of aromatic nitrogens is 1. The maximum Gasteiger partial charge on any atom is 0.325 e. The van der Waals surface area contributed by atoms with Crippen LogP contribution in [-0.4, -0.2) is 36.4 Å². The molecule has 0 aliphatic heterocycles. The SMILES string of the molecule is COC(=O)CNC(=O)c1cccc(NC(=O)c2ccc(CSc3nc(C)cs3)cc2)c1. The van der Waals surface area contributed by atoms with Crippen molar-refractivity contribution < 1.29 is 19.1 Å². The molecular formula is C22H21N3O4S2. The summed E-state index contributed by atoms with van der Waals surface area (Å²) in [6.07, 6.45) is 0. The van der Waals surface area contributed by atoms with Crippen LogP contribution in [-0.2, 0) is 15.3 Å². The van der Waals surface area contributed by atoms with Crippen molar-refractivity contribution in [2.45, 2.75) is 17.0 Å². The van der Waals surface area contributed by atoms with Gasteiger partial charge in [0, 0.05) is 33.6 Å². The normalized spacial score (nSPS) is 10.4. The minimum Gasteiger partial charge on any atom is -0.468 e. The molecule has 7 nitrogen and oxygen atoms in total. The van der Waals surface area contributed by atoms with Crippen LogP contribution in [0.25, 0.3) is 0 Å². The fourth-order valence-corrected chi connectivity index (χ4v) is 4.37. The lowest BCUT2D eigenvalue weighted by molar-refractivity contribution is -0.139. The number of nitrogens with zero attached hydrogens (tertiary/aromatic N) is 1. The van der Waals surface area contributed by atoms with E-state index in [0.717, 1.165) is 21.3 Å². The quantitative estimate of drug-likeness (QED) is 0.395. The minimum atomic E-state index is -0.540. The third kappa shape index (κ3) is 6.66. The van der Waals surface area contributed by atoms with Gasteiger partial charge in [-0.3, -0.25) is 14.4 Å². The molecule has 0 aliphatic rings. The molecule has 0 fully saturated rings. The number of rotatable bonds is 8. The Labute approximate surface area is 188 Å². The first-order valence-electron chi connectivity index (χ1n) is 9.35. The summed E-state index contributed by atoms with van der Waals surface area (Å²) in [6.45, 7) is 1.75. The highest BCUT2D eigenvalue weighted by Crippen LogP contribution is 2.26. The van der Waals surface area contributed by atoms with E-state index in [1.807, 2.05) is 24.4 Å². The van der Waals surface area contributed by atoms with Crippen molar-refractivity contribution in [3.63, 3.8) is 0 Å². The number of carbonyl (C=O) groups is 3. The average molecular weight is 456 g/mol. The summed E-state index contributed by atoms with van der Waals surface area (Å²) >= 11 is 3.29. The third-order valence-electron chi connectivity index (χ3n) is 4.18. The van der Waals surface area contributed by atoms with Gasteiger partial charge in [-0.2, -0.15) is 0 Å². The van der Waals surface area contributed by atoms with Gasteiger partial charge >= 0.3 is 5.97 Å². The first-order chi connectivity index (χ1) is 14.9. The average Bonchev–Trinajstić information content (AvgIpc) is 3.21. The fourth-order valence-electron chi connectivity index (χ4n) is 2.56. The van der Waals surface area contributed by atoms with Crippen LogP contribution in [0.2, 0.25) is 0 Å². The molecule has 0 saturated heterocycles. The van der Waals surface area contributed by atoms with Crippen molar-refractivity contribution in [3.8, 4) is 0 Å². The van der Waals surface area contributed by atoms with Gasteiger partial charge in [-0.15, -0.1) is 11.3 Å². The van der Waals surface area contributed by atoms with Crippen molar-refractivity contribution in [2.75, 3.05) is 19.0 Å². The molecule has 2 aromatic carbocycles. The number of hydrogen-bond acceptors (Lipinski definition) is 7. The molecule has 0 radical (unpaired) electrons. The Morgan fingerprint density at radius 3 is 2.52 bits per heavy atom. The van der Waals surface area contributed by atoms with Gasteiger partial charge in [0.2, 0.25) is 0 Å². The van der Waals surface area contributed by atoms with Gasteiger partial charge < -0.3 is 15.4 Å². The maximum absolute atomic E-state index is 12.6. The summed E-state index contributed by atoms with van der Waals surface area (Å²) in [4.78, 5) is 40.3. The van der Waals surface area contributed by atoms with E-state index in [9.17, 15) is 14.4 Å². The molecule has 3 rings (SSSR count). The zero-order valence-corrected chi connectivity index (χ0v) is 18.6. The highest BCUT2D eigenvalue weighted by Gasteiger charge is 2.11. The first kappa shape index (κ1) is 22.5. The molecule has 3 aromatic rings. The largest absolute Gasteiger partial charge is 0.468 e. The standard InChI is InChI=1S/C22H21N3O4S2/c1-14-12-30-22(24-14)31-13-15-6-8-16(9-7-15)21(28)25-18-5-3-4-17(10-18)20(27)23-11-19(26)29-2/h3-10,12H,11,13H2,1-2H3,(H,23,27)(H,25,28). The van der Waals surface area contributed by atoms with Gasteiger partial charge in [0.05, 0.1) is 7.11 Å². The molecule has 1 heterocycles. The predicted octanol–water partition coefficient (Wildman–Crippen LogP) is 3.90. The van der Waals surface area contributed by atoms with Gasteiger partial charge in [0.25, 0.3) is 11.8 Å². The topological polar surface area (TPSA) is 97.4 Å². The van der Waals surface area contributed by atoms with Crippen molar-refractivity contribution in [1.29, 1.82) is 0 Å². The molecule has 1 aromatic heterocycles. The minimum absolute atomic E-state index is 0.224. The number of thioether (sulfide) groups is 1. The summed E-state index contributed by atoms with van der Waals surface area (Å²) in [5.74, 6) is -0.473. The van der Waals surface area contributed by atoms with Crippen LogP contribution in [0.15, 0.2) is 58.3 Å². The fraction of sp³-hybridized carbons (Fsp3) is 0.182. The van der Waals surface area contributed by atoms with E-state index in [2.05, 4.69) is 20.4 Å². The molecule has 9 heteroatoms. The third-order valence-corrected chi connectivity index (χ3v) is 6.39. The second-order valence-corrected chi connectivity index (χ2v) is 8.61. The Morgan fingerprint density at radius 1 is 1.06 bits per heavy atom. The molecule has 0 spiro atoms. The van der Waals surface area contributed by atoms with Gasteiger partial charge in [-0.1, -0.05) is 30.0 Å². The zero-order chi connectivity index (χ0) is 22.2. The molecular weight excluding hydrogens is 434 g/mol. The number of carbonyl (C=O) groups excluding carboxylic acids is 3. The van der Waals surface area contributed by atoms with E-state index in [-0.39, 0.29) is 12.5 Å². The van der Waals surface area contributed by atoms with Crippen LogP contribution in [0.4, 0.5) is 5.69 Å². The Bertz CT molecular complexity index is 1080. The van der Waals surface area contributed by atoms with Gasteiger partial charge in [-0.05, 0) is 42.8 Å². The number of hydrogen-bond donors (Lipinski definition) is 2. The molecule has 0 bridgehead atoms. The van der Waals surface area contributed by atoms with Crippen molar-refractivity contribution in [1.82, 2.24) is 10.3 Å². The number of nitrogens with one attached hydrogen (secondary N) is 2. The first-order valence-corrected chi connectivity index (χ1v) is 11.2. The predicted molar refractivity (Wildman–Crippen MR) is 122 cm³/mol. The maximum atomic E-state index is 12.6. The summed E-state index contributed by atoms with van der Waals surface area (Å²) in [6, 6.07) is 13.9. The van der Waals surface area contributed by atoms with Crippen LogP contribution in [0.3, 0.4) is 0 Å². The smallest absolute Gasteiger partial charge is 0.325 e. The summed E-state index contributed by atoms with van der Waals surface area (Å²) < 4.78 is 5.52. The Kier molecular flexibility index (Phi) is 7.80. The molecule has 0 saturated carbocycles. The van der Waals surface area contributed by atoms with Crippen molar-refractivity contribution in [2.24, 2.45) is 0 Å². The summed E-state index contributed by atoms with van der Waals surface area (Å²) in [7, 11) is 1.25. The lowest BCUT2D eigenvalue weighted by Crippen LogP contribution is -2.30. The van der Waals surface area contributed by atoms with E-state index in [1.165, 1.54) is 7.11 Å². The second-order valence-electron chi connectivity index (χ2n) is 6.53. The van der Waals surface area contributed by atoms with Crippen LogP contribution >= 0.6 is 23.1 Å². The Balaban J connectivity index is 1.57. The van der Waals surface area contributed by atoms with E-state index in [1.54, 1.807) is 59.5 Å². The lowest BCUT2D eigenvalue weighted by Gasteiger charge is -2.08. The molecule has 2 N–H and O–H groups in total. The molecule has 0 unspecified atom stereocenters. The molecule has 0 atom stereocenters. The molecule has 2 amide bonds. The highest BCUT2D eigenvalue weighted by molar-refractivity contribution is 8.00. The van der Waals surface area contributed by atoms with Gasteiger partial charge in [-0.25, -0.2) is 4.98 Å². The number of anilines is 1. The number of methoxy groups -OCH3 is 1. The van der Waals surface area contributed by atoms with Gasteiger partial charge in [0.15, 0.2) is 0 Å². The molecule has 31 heavy (non-hydrogen) atoms. The molecule has 0 aliphatic carbocycles. The number of esters is 1. The zero-order valence-electron chi connectivity index (χ0n) is 17.0. The van der Waals surface area contributed by atoms with Crippen molar-refractivity contribution in [3.05, 3.63) is 76.3 Å². The number of aryl methyl sites for hydroxylation is 1. The van der Waals surface area contributed by atoms with Gasteiger partial charge in [0.1, 0.15) is 10.9 Å². The summed E-state index contributed by atoms with van der Waals surface area (Å²) in [5, 5.41) is 7.27. The number of ether oxygens (including phenoxy) is 1. The van der Waals surface area contributed by atoms with Crippen LogP contribution < -0.4 is 10.6 Å². The number of benzene rings is 2. The number of thiazole rings is 1. The van der Waals surface area contributed by atoms with E-state index in [4.69, 9.17) is 0 Å². The monoisotopic (exact) mass is 455 g/mol. The van der Waals surface area contributed by atoms with E-state index in [0.29, 0.717) is 16.8 Å². The lowest BCUT2D eigenvalue weighted by atomic mass is 10.1. The van der Waals surface area contributed by atoms with E-state index < -0.39 is 11.9 Å². The Morgan fingerprint density at radius 2 is 1.84 bits per heavy atom. The molecule has 160 valence electrons. The summed E-state index contributed by atoms with van der Waals surface area (Å²) in [5.41, 5.74) is 3.43. The van der Waals surface area contributed by atoms with Crippen LogP contribution in [0.5, 0.6) is 0 Å². The van der Waals surface area contributed by atoms with E-state index >= 15 is 0 Å². The van der Waals surface area contributed by atoms with Crippen molar-refractivity contribution >= 4 is 46.6 Å². The Hall–Kier alpha value is -3.17. The van der Waals surface area contributed by atoms with Crippen LogP contribution in [0, 0.1) is 6.92 Å². The second kappa shape index (κ2) is 10.7. The van der Waals surface area contributed by atoms with Crippen LogP contribution in [0.1, 0.15) is 32.0 Å².